The molecule has 1 amide bonds. The molecule has 0 saturated heterocycles. The third kappa shape index (κ3) is 4.72. The lowest BCUT2D eigenvalue weighted by atomic mass is 10.1. The summed E-state index contributed by atoms with van der Waals surface area (Å²) < 4.78 is 5.28. The van der Waals surface area contributed by atoms with Gasteiger partial charge in [-0.25, -0.2) is 0 Å². The number of anilines is 2. The molecule has 0 aliphatic heterocycles. The second kappa shape index (κ2) is 8.19. The SMILES string of the molecule is CCN(C)c1ccc(C(=O)Nc2ccc(OCCO)cc2)cc1. The first kappa shape index (κ1) is 16.8. The lowest BCUT2D eigenvalue weighted by molar-refractivity contribution is 0.102. The van der Waals surface area contributed by atoms with Gasteiger partial charge in [0.1, 0.15) is 12.4 Å². The van der Waals surface area contributed by atoms with Crippen LogP contribution in [0, 0.1) is 0 Å². The van der Waals surface area contributed by atoms with Crippen molar-refractivity contribution in [3.8, 4) is 5.75 Å². The van der Waals surface area contributed by atoms with E-state index < -0.39 is 0 Å². The smallest absolute Gasteiger partial charge is 0.255 e. The van der Waals surface area contributed by atoms with E-state index in [1.54, 1.807) is 24.3 Å². The van der Waals surface area contributed by atoms with Crippen molar-refractivity contribution < 1.29 is 14.6 Å². The van der Waals surface area contributed by atoms with Gasteiger partial charge < -0.3 is 20.1 Å². The van der Waals surface area contributed by atoms with Gasteiger partial charge in [-0.2, -0.15) is 0 Å². The summed E-state index contributed by atoms with van der Waals surface area (Å²) in [6.45, 7) is 3.22. The molecule has 2 aromatic rings. The number of nitrogens with one attached hydrogen (secondary N) is 1. The van der Waals surface area contributed by atoms with Crippen LogP contribution in [0.2, 0.25) is 0 Å². The van der Waals surface area contributed by atoms with Gasteiger partial charge in [0, 0.05) is 30.5 Å². The monoisotopic (exact) mass is 314 g/mol. The van der Waals surface area contributed by atoms with E-state index in [0.717, 1.165) is 12.2 Å². The Bertz CT molecular complexity index is 624. The minimum Gasteiger partial charge on any atom is -0.491 e. The molecule has 2 aromatic carbocycles. The number of nitrogens with zero attached hydrogens (tertiary/aromatic N) is 1. The highest BCUT2D eigenvalue weighted by atomic mass is 16.5. The minimum absolute atomic E-state index is 0.0261. The molecule has 0 atom stereocenters. The molecule has 0 radical (unpaired) electrons. The molecule has 0 saturated carbocycles. The van der Waals surface area contributed by atoms with Gasteiger partial charge in [-0.1, -0.05) is 0 Å². The maximum absolute atomic E-state index is 12.2. The minimum atomic E-state index is -0.153. The molecule has 0 bridgehead atoms. The number of amides is 1. The van der Waals surface area contributed by atoms with Gasteiger partial charge in [0.15, 0.2) is 0 Å². The number of aliphatic hydroxyl groups excluding tert-OH is 1. The second-order valence-electron chi connectivity index (χ2n) is 5.11. The number of carbonyl (C=O) groups excluding carboxylic acids is 1. The van der Waals surface area contributed by atoms with Crippen molar-refractivity contribution in [3.63, 3.8) is 0 Å². The van der Waals surface area contributed by atoms with E-state index in [-0.39, 0.29) is 19.1 Å². The van der Waals surface area contributed by atoms with Gasteiger partial charge in [0.2, 0.25) is 0 Å². The first-order chi connectivity index (χ1) is 11.1. The lowest BCUT2D eigenvalue weighted by Gasteiger charge is -2.16. The molecule has 23 heavy (non-hydrogen) atoms. The highest BCUT2D eigenvalue weighted by Gasteiger charge is 2.07. The summed E-state index contributed by atoms with van der Waals surface area (Å²) in [6, 6.07) is 14.5. The fraction of sp³-hybridized carbons (Fsp3) is 0.278. The van der Waals surface area contributed by atoms with Crippen LogP contribution in [0.5, 0.6) is 5.75 Å². The van der Waals surface area contributed by atoms with E-state index in [1.165, 1.54) is 0 Å². The van der Waals surface area contributed by atoms with Crippen LogP contribution >= 0.6 is 0 Å². The molecular formula is C18H22N2O3. The van der Waals surface area contributed by atoms with Crippen LogP contribution in [0.3, 0.4) is 0 Å². The fourth-order valence-electron chi connectivity index (χ4n) is 2.05. The van der Waals surface area contributed by atoms with Gasteiger partial charge in [0.05, 0.1) is 6.61 Å². The molecule has 0 fully saturated rings. The molecule has 2 rings (SSSR count). The summed E-state index contributed by atoms with van der Waals surface area (Å²) in [4.78, 5) is 14.3. The molecule has 0 aliphatic carbocycles. The largest absolute Gasteiger partial charge is 0.491 e. The van der Waals surface area contributed by atoms with Gasteiger partial charge >= 0.3 is 0 Å². The predicted molar refractivity (Wildman–Crippen MR) is 92.4 cm³/mol. The van der Waals surface area contributed by atoms with Crippen LogP contribution in [0.1, 0.15) is 17.3 Å². The lowest BCUT2D eigenvalue weighted by Crippen LogP contribution is -2.16. The fourth-order valence-corrected chi connectivity index (χ4v) is 2.05. The Morgan fingerprint density at radius 2 is 1.78 bits per heavy atom. The zero-order valence-electron chi connectivity index (χ0n) is 13.5. The summed E-state index contributed by atoms with van der Waals surface area (Å²) >= 11 is 0. The van der Waals surface area contributed by atoms with Crippen molar-refractivity contribution in [2.45, 2.75) is 6.92 Å². The number of hydrogen-bond donors (Lipinski definition) is 2. The molecule has 122 valence electrons. The highest BCUT2D eigenvalue weighted by Crippen LogP contribution is 2.18. The van der Waals surface area contributed by atoms with Crippen molar-refractivity contribution in [2.24, 2.45) is 0 Å². The Morgan fingerprint density at radius 1 is 1.13 bits per heavy atom. The van der Waals surface area contributed by atoms with Gasteiger partial charge in [-0.15, -0.1) is 0 Å². The third-order valence-electron chi connectivity index (χ3n) is 3.52. The summed E-state index contributed by atoms with van der Waals surface area (Å²) in [6.07, 6.45) is 0. The zero-order chi connectivity index (χ0) is 16.7. The number of benzene rings is 2. The van der Waals surface area contributed by atoms with Crippen LogP contribution in [-0.2, 0) is 0 Å². The molecule has 0 heterocycles. The summed E-state index contributed by atoms with van der Waals surface area (Å²) in [7, 11) is 2.01. The number of hydrogen-bond acceptors (Lipinski definition) is 4. The Labute approximate surface area is 136 Å². The van der Waals surface area contributed by atoms with Crippen molar-refractivity contribution in [3.05, 3.63) is 54.1 Å². The molecule has 0 aliphatic rings. The highest BCUT2D eigenvalue weighted by molar-refractivity contribution is 6.04. The standard InChI is InChI=1S/C18H22N2O3/c1-3-20(2)16-8-4-14(5-9-16)18(22)19-15-6-10-17(11-7-15)23-13-12-21/h4-11,21H,3,12-13H2,1-2H3,(H,19,22). The van der Waals surface area contributed by atoms with E-state index in [0.29, 0.717) is 17.0 Å². The van der Waals surface area contributed by atoms with Crippen LogP contribution in [-0.4, -0.2) is 37.8 Å². The molecule has 5 heteroatoms. The molecule has 5 nitrogen and oxygen atoms in total. The van der Waals surface area contributed by atoms with Gasteiger partial charge in [-0.3, -0.25) is 4.79 Å². The third-order valence-corrected chi connectivity index (χ3v) is 3.52. The van der Waals surface area contributed by atoms with Crippen molar-refractivity contribution in [1.82, 2.24) is 0 Å². The van der Waals surface area contributed by atoms with Crippen molar-refractivity contribution >= 4 is 17.3 Å². The van der Waals surface area contributed by atoms with E-state index >= 15 is 0 Å². The maximum atomic E-state index is 12.2. The summed E-state index contributed by atoms with van der Waals surface area (Å²) in [5.41, 5.74) is 2.38. The average molecular weight is 314 g/mol. The van der Waals surface area contributed by atoms with Crippen LogP contribution in [0.25, 0.3) is 0 Å². The van der Waals surface area contributed by atoms with Crippen LogP contribution < -0.4 is 15.0 Å². The topological polar surface area (TPSA) is 61.8 Å². The Morgan fingerprint density at radius 3 is 2.35 bits per heavy atom. The average Bonchev–Trinajstić information content (AvgIpc) is 2.60. The van der Waals surface area contributed by atoms with Crippen molar-refractivity contribution in [1.29, 1.82) is 0 Å². The van der Waals surface area contributed by atoms with E-state index in [9.17, 15) is 4.79 Å². The van der Waals surface area contributed by atoms with E-state index in [1.807, 2.05) is 31.3 Å². The molecular weight excluding hydrogens is 292 g/mol. The number of carbonyl (C=O) groups is 1. The van der Waals surface area contributed by atoms with Gasteiger partial charge in [0.25, 0.3) is 5.91 Å². The van der Waals surface area contributed by atoms with Crippen LogP contribution in [0.4, 0.5) is 11.4 Å². The number of rotatable bonds is 7. The summed E-state index contributed by atoms with van der Waals surface area (Å²) in [5.74, 6) is 0.503. The quantitative estimate of drug-likeness (QED) is 0.825. The van der Waals surface area contributed by atoms with Gasteiger partial charge in [-0.05, 0) is 55.5 Å². The Balaban J connectivity index is 1.98. The first-order valence-electron chi connectivity index (χ1n) is 7.60. The van der Waals surface area contributed by atoms with Crippen molar-refractivity contribution in [2.75, 3.05) is 37.0 Å². The normalized spacial score (nSPS) is 10.2. The molecule has 0 unspecified atom stereocenters. The molecule has 0 aromatic heterocycles. The summed E-state index contributed by atoms with van der Waals surface area (Å²) in [5, 5.41) is 11.6. The second-order valence-corrected chi connectivity index (χ2v) is 5.11. The predicted octanol–water partition coefficient (Wildman–Crippen LogP) is 2.77. The van der Waals surface area contributed by atoms with E-state index in [2.05, 4.69) is 17.1 Å². The first-order valence-corrected chi connectivity index (χ1v) is 7.60. The number of aliphatic hydroxyl groups is 1. The van der Waals surface area contributed by atoms with Crippen LogP contribution in [0.15, 0.2) is 48.5 Å². The van der Waals surface area contributed by atoms with E-state index in [4.69, 9.17) is 9.84 Å². The zero-order valence-corrected chi connectivity index (χ0v) is 13.5. The Hall–Kier alpha value is -2.53. The molecule has 2 N–H and O–H groups in total. The Kier molecular flexibility index (Phi) is 6.00. The number of ether oxygens (including phenoxy) is 1. The maximum Gasteiger partial charge on any atom is 0.255 e. The molecule has 0 spiro atoms.